The van der Waals surface area contributed by atoms with Gasteiger partial charge in [-0.05, 0) is 31.4 Å². The maximum Gasteiger partial charge on any atom is 0.290 e. The highest BCUT2D eigenvalue weighted by Gasteiger charge is 2.44. The number of fused-ring (bicyclic) bond motifs is 1. The zero-order valence-corrected chi connectivity index (χ0v) is 16.6. The zero-order valence-electron chi connectivity index (χ0n) is 15.7. The molecule has 28 heavy (non-hydrogen) atoms. The summed E-state index contributed by atoms with van der Waals surface area (Å²) in [6.07, 6.45) is 2.03. The number of rotatable bonds is 5. The second kappa shape index (κ2) is 6.73. The molecule has 1 N–H and O–H groups in total. The Morgan fingerprint density at radius 3 is 2.75 bits per heavy atom. The van der Waals surface area contributed by atoms with E-state index in [4.69, 9.17) is 0 Å². The van der Waals surface area contributed by atoms with Crippen LogP contribution in [0.2, 0.25) is 0 Å². The lowest BCUT2D eigenvalue weighted by atomic mass is 10.0. The van der Waals surface area contributed by atoms with Crippen molar-refractivity contribution in [2.75, 3.05) is 17.7 Å². The Balaban J connectivity index is 1.77. The summed E-state index contributed by atoms with van der Waals surface area (Å²) in [7, 11) is -3.33. The van der Waals surface area contributed by atoms with Gasteiger partial charge in [-0.25, -0.2) is 23.1 Å². The van der Waals surface area contributed by atoms with Gasteiger partial charge in [0.1, 0.15) is 5.69 Å². The van der Waals surface area contributed by atoms with Crippen molar-refractivity contribution in [1.82, 2.24) is 14.7 Å². The summed E-state index contributed by atoms with van der Waals surface area (Å²) < 4.78 is 54.0. The first-order valence-electron chi connectivity index (χ1n) is 9.24. The van der Waals surface area contributed by atoms with Crippen LogP contribution in [0.25, 0.3) is 11.3 Å². The maximum atomic E-state index is 14.4. The van der Waals surface area contributed by atoms with Gasteiger partial charge < -0.3 is 4.90 Å². The van der Waals surface area contributed by atoms with Gasteiger partial charge in [0.25, 0.3) is 5.92 Å². The number of nitrogens with zero attached hydrogens (tertiary/aromatic N) is 3. The number of hydrogen-bond donors (Lipinski definition) is 1. The Kier molecular flexibility index (Phi) is 4.62. The van der Waals surface area contributed by atoms with Gasteiger partial charge >= 0.3 is 0 Å². The Morgan fingerprint density at radius 2 is 2.11 bits per heavy atom. The van der Waals surface area contributed by atoms with Crippen LogP contribution in [0.15, 0.2) is 24.3 Å². The molecule has 1 aromatic heterocycles. The van der Waals surface area contributed by atoms with E-state index < -0.39 is 15.9 Å². The highest BCUT2D eigenvalue weighted by Crippen LogP contribution is 2.44. The number of anilines is 1. The van der Waals surface area contributed by atoms with Gasteiger partial charge in [-0.2, -0.15) is 8.78 Å². The minimum Gasteiger partial charge on any atom is -0.338 e. The van der Waals surface area contributed by atoms with Gasteiger partial charge in [-0.3, -0.25) is 0 Å². The molecule has 1 atom stereocenters. The van der Waals surface area contributed by atoms with Crippen molar-refractivity contribution < 1.29 is 17.2 Å². The minimum absolute atomic E-state index is 0.131. The lowest BCUT2D eigenvalue weighted by Gasteiger charge is -2.39. The van der Waals surface area contributed by atoms with E-state index in [0.717, 1.165) is 24.8 Å². The maximum absolute atomic E-state index is 14.4. The monoisotopic (exact) mass is 408 g/mol. The van der Waals surface area contributed by atoms with Crippen LogP contribution in [0.4, 0.5) is 14.7 Å². The summed E-state index contributed by atoms with van der Waals surface area (Å²) in [5.74, 6) is -2.61. The fraction of sp³-hybridized carbons (Fsp3) is 0.474. The number of halogens is 2. The third-order valence-electron chi connectivity index (χ3n) is 5.35. The normalized spacial score (nSPS) is 20.7. The first-order valence-corrected chi connectivity index (χ1v) is 11.1. The summed E-state index contributed by atoms with van der Waals surface area (Å²) >= 11 is 0. The number of benzene rings is 1. The molecule has 0 bridgehead atoms. The number of alkyl halides is 2. The second-order valence-electron chi connectivity index (χ2n) is 7.53. The Hall–Kier alpha value is -2.13. The van der Waals surface area contributed by atoms with Crippen LogP contribution >= 0.6 is 0 Å². The van der Waals surface area contributed by atoms with Gasteiger partial charge in [0.15, 0.2) is 0 Å². The summed E-state index contributed by atoms with van der Waals surface area (Å²) in [5, 5.41) is 0. The summed E-state index contributed by atoms with van der Waals surface area (Å²) in [4.78, 5) is 10.8. The lowest BCUT2D eigenvalue weighted by molar-refractivity contribution is -0.00595. The quantitative estimate of drug-likeness (QED) is 0.824. The largest absolute Gasteiger partial charge is 0.338 e. The molecule has 6 nitrogen and oxygen atoms in total. The van der Waals surface area contributed by atoms with Crippen LogP contribution in [0.1, 0.15) is 36.6 Å². The molecule has 0 amide bonds. The average Bonchev–Trinajstić information content (AvgIpc) is 2.93. The summed E-state index contributed by atoms with van der Waals surface area (Å²) in [6, 6.07) is 7.40. The molecule has 2 aromatic rings. The third-order valence-corrected chi connectivity index (χ3v) is 6.02. The zero-order chi connectivity index (χ0) is 20.1. The van der Waals surface area contributed by atoms with Crippen LogP contribution in [-0.2, 0) is 28.9 Å². The van der Waals surface area contributed by atoms with Crippen molar-refractivity contribution in [3.8, 4) is 11.3 Å². The Labute approximate surface area is 163 Å². The summed E-state index contributed by atoms with van der Waals surface area (Å²) in [6.45, 7) is 2.91. The molecule has 1 aliphatic carbocycles. The first-order chi connectivity index (χ1) is 13.1. The van der Waals surface area contributed by atoms with Crippen molar-refractivity contribution in [2.24, 2.45) is 0 Å². The lowest BCUT2D eigenvalue weighted by Crippen LogP contribution is -2.47. The molecule has 150 valence electrons. The third kappa shape index (κ3) is 3.60. The van der Waals surface area contributed by atoms with Gasteiger partial charge in [0.2, 0.25) is 16.0 Å². The van der Waals surface area contributed by atoms with E-state index in [2.05, 4.69) is 14.7 Å². The predicted molar refractivity (Wildman–Crippen MR) is 103 cm³/mol. The molecule has 1 saturated heterocycles. The fourth-order valence-corrected chi connectivity index (χ4v) is 4.06. The number of sulfonamides is 1. The SMILES string of the molecule is CC1CCN1c1nc(-c2cccc(CNS(C)(=O)=O)c2)c2c(n1)C(F)(F)CC2. The van der Waals surface area contributed by atoms with Gasteiger partial charge in [0, 0.05) is 36.7 Å². The molecule has 0 radical (unpaired) electrons. The van der Waals surface area contributed by atoms with E-state index in [-0.39, 0.29) is 31.1 Å². The standard InChI is InChI=1S/C19H22F2N4O2S/c1-12-7-9-25(12)18-23-16(15-6-8-19(20,21)17(15)24-18)14-5-3-4-13(10-14)11-22-28(2,26)27/h3-5,10,12,22H,6-9,11H2,1-2H3. The van der Waals surface area contributed by atoms with E-state index in [9.17, 15) is 17.2 Å². The molecule has 2 aliphatic rings. The number of aromatic nitrogens is 2. The molecule has 0 saturated carbocycles. The highest BCUT2D eigenvalue weighted by molar-refractivity contribution is 7.88. The van der Waals surface area contributed by atoms with E-state index in [1.54, 1.807) is 18.2 Å². The van der Waals surface area contributed by atoms with Crippen molar-refractivity contribution in [1.29, 1.82) is 0 Å². The van der Waals surface area contributed by atoms with Crippen LogP contribution in [0, 0.1) is 0 Å². The van der Waals surface area contributed by atoms with Gasteiger partial charge in [0.05, 0.1) is 11.9 Å². The predicted octanol–water partition coefficient (Wildman–Crippen LogP) is 2.83. The van der Waals surface area contributed by atoms with Gasteiger partial charge in [-0.1, -0.05) is 18.2 Å². The second-order valence-corrected chi connectivity index (χ2v) is 9.36. The minimum atomic E-state index is -3.33. The van der Waals surface area contributed by atoms with E-state index in [1.165, 1.54) is 0 Å². The fourth-order valence-electron chi connectivity index (χ4n) is 3.64. The molecule has 2 heterocycles. The molecule has 0 spiro atoms. The van der Waals surface area contributed by atoms with Crippen LogP contribution in [0.5, 0.6) is 0 Å². The van der Waals surface area contributed by atoms with Crippen molar-refractivity contribution in [2.45, 2.75) is 44.7 Å². The smallest absolute Gasteiger partial charge is 0.290 e. The van der Waals surface area contributed by atoms with E-state index in [1.807, 2.05) is 17.9 Å². The van der Waals surface area contributed by atoms with E-state index >= 15 is 0 Å². The van der Waals surface area contributed by atoms with Crippen molar-refractivity contribution in [3.63, 3.8) is 0 Å². The molecule has 1 unspecified atom stereocenters. The van der Waals surface area contributed by atoms with Crippen molar-refractivity contribution in [3.05, 3.63) is 41.1 Å². The van der Waals surface area contributed by atoms with Crippen LogP contribution in [0.3, 0.4) is 0 Å². The molecular weight excluding hydrogens is 386 g/mol. The highest BCUT2D eigenvalue weighted by atomic mass is 32.2. The average molecular weight is 408 g/mol. The molecule has 4 rings (SSSR count). The van der Waals surface area contributed by atoms with E-state index in [0.29, 0.717) is 22.8 Å². The molecular formula is C19H22F2N4O2S. The van der Waals surface area contributed by atoms with Crippen LogP contribution < -0.4 is 9.62 Å². The Morgan fingerprint density at radius 1 is 1.32 bits per heavy atom. The Bertz CT molecular complexity index is 1030. The number of nitrogens with one attached hydrogen (secondary N) is 1. The number of hydrogen-bond acceptors (Lipinski definition) is 5. The summed E-state index contributed by atoms with van der Waals surface area (Å²) in [5.41, 5.74) is 2.25. The topological polar surface area (TPSA) is 75.2 Å². The molecule has 9 heteroatoms. The van der Waals surface area contributed by atoms with Crippen molar-refractivity contribution >= 4 is 16.0 Å². The molecule has 1 fully saturated rings. The van der Waals surface area contributed by atoms with Crippen LogP contribution in [-0.4, -0.2) is 37.2 Å². The van der Waals surface area contributed by atoms with Gasteiger partial charge in [-0.15, -0.1) is 0 Å². The molecule has 1 aromatic carbocycles. The first kappa shape index (κ1) is 19.2. The molecule has 1 aliphatic heterocycles.